The Morgan fingerprint density at radius 1 is 1.00 bits per heavy atom. The predicted octanol–water partition coefficient (Wildman–Crippen LogP) is 4.60. The van der Waals surface area contributed by atoms with Gasteiger partial charge in [0.2, 0.25) is 4.80 Å². The zero-order chi connectivity index (χ0) is 19.9. The molecule has 0 bridgehead atoms. The molecule has 29 heavy (non-hydrogen) atoms. The fourth-order valence-electron chi connectivity index (χ4n) is 2.87. The summed E-state index contributed by atoms with van der Waals surface area (Å²) >= 11 is 1.55. The van der Waals surface area contributed by atoms with E-state index in [1.165, 1.54) is 0 Å². The van der Waals surface area contributed by atoms with Crippen molar-refractivity contribution >= 4 is 17.6 Å². The molecule has 0 unspecified atom stereocenters. The second-order valence-corrected chi connectivity index (χ2v) is 7.05. The summed E-state index contributed by atoms with van der Waals surface area (Å²) in [5.41, 5.74) is 3.82. The normalized spacial score (nSPS) is 11.8. The molecule has 0 saturated heterocycles. The zero-order valence-corrected chi connectivity index (χ0v) is 16.8. The summed E-state index contributed by atoms with van der Waals surface area (Å²) < 4.78 is 7.40. The molecule has 0 N–H and O–H groups in total. The summed E-state index contributed by atoms with van der Waals surface area (Å²) in [7, 11) is 1.67. The maximum Gasteiger partial charge on any atom is 0.206 e. The summed E-state index contributed by atoms with van der Waals surface area (Å²) in [6.07, 6.45) is 3.49. The van der Waals surface area contributed by atoms with Crippen molar-refractivity contribution in [1.29, 1.82) is 0 Å². The van der Waals surface area contributed by atoms with Crippen LogP contribution in [-0.4, -0.2) is 23.0 Å². The van der Waals surface area contributed by atoms with Crippen LogP contribution < -0.4 is 9.54 Å². The van der Waals surface area contributed by atoms with Crippen LogP contribution in [0.1, 0.15) is 11.3 Å². The van der Waals surface area contributed by atoms with Gasteiger partial charge in [0.25, 0.3) is 0 Å². The van der Waals surface area contributed by atoms with Crippen LogP contribution in [0.5, 0.6) is 5.75 Å². The first kappa shape index (κ1) is 18.8. The lowest BCUT2D eigenvalue weighted by Gasteiger charge is -2.08. The van der Waals surface area contributed by atoms with E-state index in [-0.39, 0.29) is 0 Å². The third-order valence-corrected chi connectivity index (χ3v) is 5.16. The minimum absolute atomic E-state index is 0.589. The van der Waals surface area contributed by atoms with E-state index < -0.39 is 0 Å². The molecule has 2 heterocycles. The highest BCUT2D eigenvalue weighted by molar-refractivity contribution is 7.07. The van der Waals surface area contributed by atoms with Crippen LogP contribution >= 0.6 is 11.3 Å². The fraction of sp³-hybridized carbons (Fsp3) is 0.0870. The third kappa shape index (κ3) is 4.50. The first-order valence-electron chi connectivity index (χ1n) is 9.19. The number of rotatable bonds is 6. The summed E-state index contributed by atoms with van der Waals surface area (Å²) in [5, 5.41) is 6.74. The maximum absolute atomic E-state index is 5.55. The highest BCUT2D eigenvalue weighted by Gasteiger charge is 2.12. The van der Waals surface area contributed by atoms with Crippen molar-refractivity contribution in [2.24, 2.45) is 10.1 Å². The average molecular weight is 401 g/mol. The van der Waals surface area contributed by atoms with Gasteiger partial charge in [-0.2, -0.15) is 5.10 Å². The van der Waals surface area contributed by atoms with E-state index in [0.29, 0.717) is 6.54 Å². The molecule has 0 fully saturated rings. The number of thiazole rings is 1. The zero-order valence-electron chi connectivity index (χ0n) is 16.0. The molecule has 4 rings (SSSR count). The van der Waals surface area contributed by atoms with Crippen molar-refractivity contribution < 1.29 is 4.74 Å². The van der Waals surface area contributed by atoms with Gasteiger partial charge >= 0.3 is 0 Å². The van der Waals surface area contributed by atoms with Crippen LogP contribution in [0.3, 0.4) is 0 Å². The van der Waals surface area contributed by atoms with Gasteiger partial charge in [0, 0.05) is 17.1 Å². The second-order valence-electron chi connectivity index (χ2n) is 6.22. The Morgan fingerprint density at radius 2 is 1.79 bits per heavy atom. The minimum atomic E-state index is 0.589. The van der Waals surface area contributed by atoms with E-state index in [4.69, 9.17) is 14.8 Å². The lowest BCUT2D eigenvalue weighted by atomic mass is 10.1. The van der Waals surface area contributed by atoms with Crippen LogP contribution in [0.15, 0.2) is 94.5 Å². The summed E-state index contributed by atoms with van der Waals surface area (Å²) in [5.74, 6) is 0.793. The van der Waals surface area contributed by atoms with Gasteiger partial charge in [0.1, 0.15) is 5.75 Å². The number of hydrogen-bond acceptors (Lipinski definition) is 5. The van der Waals surface area contributed by atoms with Gasteiger partial charge in [-0.1, -0.05) is 48.5 Å². The van der Waals surface area contributed by atoms with Crippen LogP contribution in [0.4, 0.5) is 0 Å². The average Bonchev–Trinajstić information content (AvgIpc) is 3.20. The number of aromatic nitrogens is 2. The topological polar surface area (TPSA) is 51.8 Å². The number of hydrogen-bond donors (Lipinski definition) is 0. The molecule has 0 atom stereocenters. The van der Waals surface area contributed by atoms with Gasteiger partial charge in [0.15, 0.2) is 0 Å². The Kier molecular flexibility index (Phi) is 5.92. The van der Waals surface area contributed by atoms with Crippen molar-refractivity contribution in [1.82, 2.24) is 9.66 Å². The molecule has 2 aromatic heterocycles. The molecule has 0 amide bonds. The molecule has 6 heteroatoms. The van der Waals surface area contributed by atoms with Gasteiger partial charge in [-0.05, 0) is 29.8 Å². The first-order chi connectivity index (χ1) is 14.3. The van der Waals surface area contributed by atoms with E-state index >= 15 is 0 Å². The lowest BCUT2D eigenvalue weighted by molar-refractivity contribution is 0.416. The summed E-state index contributed by atoms with van der Waals surface area (Å²) in [4.78, 5) is 9.93. The van der Waals surface area contributed by atoms with Crippen LogP contribution in [-0.2, 0) is 6.54 Å². The monoisotopic (exact) mass is 400 g/mol. The van der Waals surface area contributed by atoms with Crippen LogP contribution in [0.25, 0.3) is 11.3 Å². The number of ether oxygens (including phenoxy) is 1. The Morgan fingerprint density at radius 3 is 2.59 bits per heavy atom. The van der Waals surface area contributed by atoms with E-state index in [9.17, 15) is 0 Å². The Labute approximate surface area is 173 Å². The van der Waals surface area contributed by atoms with Crippen molar-refractivity contribution in [3.8, 4) is 17.0 Å². The van der Waals surface area contributed by atoms with E-state index in [0.717, 1.165) is 33.1 Å². The molecule has 0 saturated carbocycles. The SMILES string of the molecule is COc1ccccc1-c1csc(=NCc2ccccc2)n1N=Cc1ccccn1. The second kappa shape index (κ2) is 9.12. The van der Waals surface area contributed by atoms with Gasteiger partial charge in [-0.15, -0.1) is 11.3 Å². The Hall–Kier alpha value is -3.51. The van der Waals surface area contributed by atoms with Crippen molar-refractivity contribution in [2.75, 3.05) is 7.11 Å². The molecule has 4 aromatic rings. The molecule has 0 radical (unpaired) electrons. The summed E-state index contributed by atoms with van der Waals surface area (Å²) in [6.45, 7) is 0.589. The summed E-state index contributed by atoms with van der Waals surface area (Å²) in [6, 6.07) is 23.8. The third-order valence-electron chi connectivity index (χ3n) is 4.30. The van der Waals surface area contributed by atoms with Gasteiger partial charge in [0.05, 0.1) is 31.3 Å². The smallest absolute Gasteiger partial charge is 0.206 e. The highest BCUT2D eigenvalue weighted by atomic mass is 32.1. The minimum Gasteiger partial charge on any atom is -0.496 e. The van der Waals surface area contributed by atoms with Crippen molar-refractivity contribution in [3.63, 3.8) is 0 Å². The Bertz CT molecular complexity index is 1160. The predicted molar refractivity (Wildman–Crippen MR) is 117 cm³/mol. The number of benzene rings is 2. The quantitative estimate of drug-likeness (QED) is 0.444. The standard InChI is InChI=1S/C23H20N4OS/c1-28-22-13-6-5-12-20(22)21-17-29-23(25-15-18-9-3-2-4-10-18)27(21)26-16-19-11-7-8-14-24-19/h2-14,16-17H,15H2,1H3. The van der Waals surface area contributed by atoms with Gasteiger partial charge in [-0.25, -0.2) is 4.68 Å². The molecule has 144 valence electrons. The fourth-order valence-corrected chi connectivity index (χ4v) is 3.70. The van der Waals surface area contributed by atoms with Crippen molar-refractivity contribution in [3.05, 3.63) is 100 Å². The number of nitrogens with zero attached hydrogens (tertiary/aromatic N) is 4. The highest BCUT2D eigenvalue weighted by Crippen LogP contribution is 2.29. The maximum atomic E-state index is 5.55. The molecule has 2 aromatic carbocycles. The molecule has 0 aliphatic rings. The first-order valence-corrected chi connectivity index (χ1v) is 10.1. The van der Waals surface area contributed by atoms with Gasteiger partial charge < -0.3 is 4.74 Å². The van der Waals surface area contributed by atoms with Crippen LogP contribution in [0, 0.1) is 0 Å². The molecule has 0 spiro atoms. The van der Waals surface area contributed by atoms with Crippen molar-refractivity contribution in [2.45, 2.75) is 6.54 Å². The molecular weight excluding hydrogens is 380 g/mol. The van der Waals surface area contributed by atoms with Crippen LogP contribution in [0.2, 0.25) is 0 Å². The van der Waals surface area contributed by atoms with Gasteiger partial charge in [-0.3, -0.25) is 9.98 Å². The number of methoxy groups -OCH3 is 1. The molecule has 0 aliphatic heterocycles. The number of pyridine rings is 1. The molecule has 5 nitrogen and oxygen atoms in total. The molecule has 0 aliphatic carbocycles. The lowest BCUT2D eigenvalue weighted by Crippen LogP contribution is -2.12. The van der Waals surface area contributed by atoms with E-state index in [2.05, 4.69) is 22.5 Å². The molecular formula is C23H20N4OS. The Balaban J connectivity index is 1.79. The van der Waals surface area contributed by atoms with E-state index in [1.807, 2.05) is 65.3 Å². The van der Waals surface area contributed by atoms with E-state index in [1.54, 1.807) is 30.9 Å². The largest absolute Gasteiger partial charge is 0.496 e. The number of para-hydroxylation sites is 1.